The molecule has 0 saturated carbocycles. The van der Waals surface area contributed by atoms with Crippen LogP contribution in [0.4, 0.5) is 11.4 Å². The van der Waals surface area contributed by atoms with E-state index in [1.807, 2.05) is 59.2 Å². The minimum atomic E-state index is -0.429. The van der Waals surface area contributed by atoms with Gasteiger partial charge in [0, 0.05) is 48.2 Å². The number of aromatic nitrogens is 2. The Kier molecular flexibility index (Phi) is 5.45. The highest BCUT2D eigenvalue weighted by atomic mass is 16.6. The molecule has 0 aliphatic rings. The van der Waals surface area contributed by atoms with Gasteiger partial charge in [0.05, 0.1) is 20.9 Å². The smallest absolute Gasteiger partial charge is 0.269 e. The Hall–Kier alpha value is -5.31. The van der Waals surface area contributed by atoms with Crippen molar-refractivity contribution in [2.75, 3.05) is 0 Å². The molecule has 0 N–H and O–H groups in total. The second-order valence-corrected chi connectivity index (χ2v) is 9.09. The summed E-state index contributed by atoms with van der Waals surface area (Å²) in [5.41, 5.74) is 4.25. The lowest BCUT2D eigenvalue weighted by Gasteiger charge is -2.14. The molecule has 0 unspecified atom stereocenters. The van der Waals surface area contributed by atoms with Crippen molar-refractivity contribution in [2.45, 2.75) is 13.0 Å². The van der Waals surface area contributed by atoms with Crippen LogP contribution in [0.2, 0.25) is 0 Å². The second-order valence-electron chi connectivity index (χ2n) is 9.09. The highest BCUT2D eigenvalue weighted by Crippen LogP contribution is 2.30. The van der Waals surface area contributed by atoms with E-state index in [1.54, 1.807) is 28.7 Å². The van der Waals surface area contributed by atoms with Crippen molar-refractivity contribution >= 4 is 38.8 Å². The van der Waals surface area contributed by atoms with Crippen LogP contribution in [-0.4, -0.2) is 18.8 Å². The zero-order valence-electron chi connectivity index (χ0n) is 20.0. The van der Waals surface area contributed by atoms with Gasteiger partial charge >= 0.3 is 0 Å². The maximum Gasteiger partial charge on any atom is 0.269 e. The van der Waals surface area contributed by atoms with Gasteiger partial charge in [-0.25, -0.2) is 0 Å². The molecular weight excluding hydrogens is 484 g/mol. The molecule has 0 bridgehead atoms. The van der Waals surface area contributed by atoms with Crippen molar-refractivity contribution in [3.8, 4) is 0 Å². The fourth-order valence-corrected chi connectivity index (χ4v) is 5.18. The molecule has 9 nitrogen and oxygen atoms in total. The summed E-state index contributed by atoms with van der Waals surface area (Å²) in [5, 5.41) is 24.1. The molecule has 186 valence electrons. The number of nitro benzene ring substituents is 2. The van der Waals surface area contributed by atoms with Crippen molar-refractivity contribution in [2.24, 2.45) is 0 Å². The van der Waals surface area contributed by atoms with Crippen molar-refractivity contribution < 1.29 is 9.85 Å². The van der Waals surface area contributed by atoms with Gasteiger partial charge in [-0.15, -0.1) is 0 Å². The molecule has 0 spiro atoms. The number of hydrogen-bond acceptors (Lipinski definition) is 5. The third kappa shape index (κ3) is 3.77. The molecule has 38 heavy (non-hydrogen) atoms. The minimum absolute atomic E-state index is 0.00622. The van der Waals surface area contributed by atoms with Crippen molar-refractivity contribution in [3.63, 3.8) is 0 Å². The number of pyridine rings is 1. The highest BCUT2D eigenvalue weighted by Gasteiger charge is 2.21. The van der Waals surface area contributed by atoms with Crippen LogP contribution in [0.25, 0.3) is 27.5 Å². The summed E-state index contributed by atoms with van der Waals surface area (Å²) in [6, 6.07) is 27.8. The van der Waals surface area contributed by atoms with Crippen LogP contribution in [0.5, 0.6) is 0 Å². The summed E-state index contributed by atoms with van der Waals surface area (Å²) < 4.78 is 3.68. The molecular formula is C29H20N4O5. The average Bonchev–Trinajstić information content (AvgIpc) is 3.25. The van der Waals surface area contributed by atoms with Crippen LogP contribution in [0.1, 0.15) is 16.7 Å². The topological polar surface area (TPSA) is 113 Å². The fraction of sp³-hybridized carbons (Fsp3) is 0.0690. The molecule has 2 heterocycles. The number of nitro groups is 2. The molecule has 0 atom stereocenters. The van der Waals surface area contributed by atoms with Crippen LogP contribution in [0.3, 0.4) is 0 Å². The number of hydrogen-bond donors (Lipinski definition) is 0. The van der Waals surface area contributed by atoms with Gasteiger partial charge in [-0.3, -0.25) is 29.4 Å². The van der Waals surface area contributed by atoms with Gasteiger partial charge in [-0.1, -0.05) is 54.6 Å². The van der Waals surface area contributed by atoms with E-state index in [9.17, 15) is 25.0 Å². The number of para-hydroxylation sites is 2. The first-order valence-corrected chi connectivity index (χ1v) is 11.9. The molecule has 0 aliphatic heterocycles. The monoisotopic (exact) mass is 504 g/mol. The predicted molar refractivity (Wildman–Crippen MR) is 145 cm³/mol. The third-order valence-corrected chi connectivity index (χ3v) is 6.80. The lowest BCUT2D eigenvalue weighted by molar-refractivity contribution is -0.385. The van der Waals surface area contributed by atoms with Crippen LogP contribution in [0, 0.1) is 20.2 Å². The molecule has 0 fully saturated rings. The Morgan fingerprint density at radius 2 is 1.24 bits per heavy atom. The summed E-state index contributed by atoms with van der Waals surface area (Å²) in [6.07, 6.45) is 0.344. The Bertz CT molecular complexity index is 1970. The molecule has 0 saturated heterocycles. The summed E-state index contributed by atoms with van der Waals surface area (Å²) in [6.45, 7) is 0.290. The van der Waals surface area contributed by atoms with Gasteiger partial charge in [0.15, 0.2) is 0 Å². The average molecular weight is 505 g/mol. The van der Waals surface area contributed by atoms with Crippen LogP contribution in [-0.2, 0) is 13.0 Å². The SMILES string of the molecule is O=c1c2ccccc2c(Cc2cccc([N+](=O)[O-])c2)c2n(Cc3cccc([N+](=O)[O-])c3)c3ccccc3n12. The van der Waals surface area contributed by atoms with Gasteiger partial charge < -0.3 is 4.57 Å². The summed E-state index contributed by atoms with van der Waals surface area (Å²) in [7, 11) is 0. The van der Waals surface area contributed by atoms with E-state index in [0.29, 0.717) is 35.1 Å². The zero-order valence-corrected chi connectivity index (χ0v) is 20.0. The quantitative estimate of drug-likeness (QED) is 0.208. The van der Waals surface area contributed by atoms with Crippen LogP contribution < -0.4 is 5.56 Å². The number of non-ortho nitro benzene ring substituents is 2. The first-order chi connectivity index (χ1) is 18.4. The maximum absolute atomic E-state index is 13.8. The van der Waals surface area contributed by atoms with Crippen molar-refractivity contribution in [3.05, 3.63) is 144 Å². The molecule has 6 aromatic rings. The number of fused-ring (bicyclic) bond motifs is 4. The Balaban J connectivity index is 1.69. The number of nitrogens with zero attached hydrogens (tertiary/aromatic N) is 4. The second kappa shape index (κ2) is 8.97. The standard InChI is InChI=1S/C29H20N4O5/c34-29-24-12-2-1-11-23(24)25(17-19-7-5-9-21(15-19)32(35)36)28-30(26-13-3-4-14-27(26)31(28)29)18-20-8-6-10-22(16-20)33(37)38/h1-16H,17-18H2. The fourth-order valence-electron chi connectivity index (χ4n) is 5.18. The highest BCUT2D eigenvalue weighted by molar-refractivity contribution is 5.94. The largest absolute Gasteiger partial charge is 0.321 e. The summed E-state index contributed by atoms with van der Waals surface area (Å²) >= 11 is 0. The Labute approximate surface area is 215 Å². The lowest BCUT2D eigenvalue weighted by atomic mass is 9.99. The van der Waals surface area contributed by atoms with Gasteiger partial charge in [-0.05, 0) is 34.7 Å². The van der Waals surface area contributed by atoms with Crippen LogP contribution >= 0.6 is 0 Å². The normalized spacial score (nSPS) is 11.4. The van der Waals surface area contributed by atoms with Gasteiger partial charge in [-0.2, -0.15) is 0 Å². The van der Waals surface area contributed by atoms with E-state index >= 15 is 0 Å². The Morgan fingerprint density at radius 3 is 1.92 bits per heavy atom. The molecule has 0 amide bonds. The third-order valence-electron chi connectivity index (χ3n) is 6.80. The molecule has 4 aromatic carbocycles. The van der Waals surface area contributed by atoms with Gasteiger partial charge in [0.2, 0.25) is 0 Å². The number of benzene rings is 4. The predicted octanol–water partition coefficient (Wildman–Crippen LogP) is 5.86. The van der Waals surface area contributed by atoms with E-state index in [1.165, 1.54) is 18.2 Å². The van der Waals surface area contributed by atoms with E-state index in [4.69, 9.17) is 0 Å². The molecule has 0 aliphatic carbocycles. The molecule has 2 aromatic heterocycles. The van der Waals surface area contributed by atoms with Gasteiger partial charge in [0.25, 0.3) is 16.9 Å². The molecule has 0 radical (unpaired) electrons. The maximum atomic E-state index is 13.8. The minimum Gasteiger partial charge on any atom is -0.321 e. The number of imidazole rings is 1. The van der Waals surface area contributed by atoms with E-state index in [-0.39, 0.29) is 16.9 Å². The first kappa shape index (κ1) is 23.1. The lowest BCUT2D eigenvalue weighted by Crippen LogP contribution is -2.16. The van der Waals surface area contributed by atoms with Crippen LogP contribution in [0.15, 0.2) is 102 Å². The zero-order chi connectivity index (χ0) is 26.4. The Morgan fingerprint density at radius 1 is 0.658 bits per heavy atom. The van der Waals surface area contributed by atoms with E-state index in [0.717, 1.165) is 22.0 Å². The molecule has 6 rings (SSSR count). The summed E-state index contributed by atoms with van der Waals surface area (Å²) in [5.74, 6) is 0. The van der Waals surface area contributed by atoms with Crippen molar-refractivity contribution in [1.29, 1.82) is 0 Å². The van der Waals surface area contributed by atoms with Gasteiger partial charge in [0.1, 0.15) is 5.65 Å². The van der Waals surface area contributed by atoms with E-state index < -0.39 is 9.85 Å². The summed E-state index contributed by atoms with van der Waals surface area (Å²) in [4.78, 5) is 35.8. The first-order valence-electron chi connectivity index (χ1n) is 11.9. The number of rotatable bonds is 6. The molecule has 9 heteroatoms. The van der Waals surface area contributed by atoms with E-state index in [2.05, 4.69) is 0 Å². The van der Waals surface area contributed by atoms with Crippen molar-refractivity contribution in [1.82, 2.24) is 8.97 Å².